The second kappa shape index (κ2) is 8.12. The van der Waals surface area contributed by atoms with Crippen LogP contribution in [0.2, 0.25) is 5.02 Å². The van der Waals surface area contributed by atoms with E-state index < -0.39 is 11.8 Å². The van der Waals surface area contributed by atoms with Gasteiger partial charge in [0.25, 0.3) is 5.91 Å². The summed E-state index contributed by atoms with van der Waals surface area (Å²) in [5.41, 5.74) is 5.72. The quantitative estimate of drug-likeness (QED) is 0.433. The number of halogens is 1. The SMILES string of the molecule is O=C(NNC(=O)c1ccc(COc2ccccc2)o1)c1cc2cc(Cl)ccc2[nH]1. The summed E-state index contributed by atoms with van der Waals surface area (Å²) in [6.07, 6.45) is 0. The van der Waals surface area contributed by atoms with Gasteiger partial charge >= 0.3 is 5.91 Å². The summed E-state index contributed by atoms with van der Waals surface area (Å²) in [6, 6.07) is 19.3. The van der Waals surface area contributed by atoms with Gasteiger partial charge in [0.1, 0.15) is 23.8 Å². The van der Waals surface area contributed by atoms with Crippen molar-refractivity contribution in [2.45, 2.75) is 6.61 Å². The number of carbonyl (C=O) groups excluding carboxylic acids is 2. The summed E-state index contributed by atoms with van der Waals surface area (Å²) in [6.45, 7) is 0.182. The highest BCUT2D eigenvalue weighted by Gasteiger charge is 2.14. The Bertz CT molecular complexity index is 1170. The zero-order valence-corrected chi connectivity index (χ0v) is 15.8. The fraction of sp³-hybridized carbons (Fsp3) is 0.0476. The fourth-order valence-corrected chi connectivity index (χ4v) is 2.90. The van der Waals surface area contributed by atoms with Gasteiger partial charge < -0.3 is 14.1 Å². The average Bonchev–Trinajstić information content (AvgIpc) is 3.38. The Morgan fingerprint density at radius 3 is 2.59 bits per heavy atom. The van der Waals surface area contributed by atoms with Crippen molar-refractivity contribution >= 4 is 34.3 Å². The van der Waals surface area contributed by atoms with Gasteiger partial charge in [0.2, 0.25) is 0 Å². The van der Waals surface area contributed by atoms with Crippen LogP contribution in [0, 0.1) is 0 Å². The number of benzene rings is 2. The Kier molecular flexibility index (Phi) is 5.22. The number of H-pyrrole nitrogens is 1. The number of aromatic nitrogens is 1. The lowest BCUT2D eigenvalue weighted by Gasteiger charge is -2.05. The van der Waals surface area contributed by atoms with Gasteiger partial charge in [0, 0.05) is 15.9 Å². The standard InChI is InChI=1S/C21H16ClN3O4/c22-14-6-8-17-13(10-14)11-18(23-17)20(26)24-25-21(27)19-9-7-16(29-19)12-28-15-4-2-1-3-5-15/h1-11,23H,12H2,(H,24,26)(H,25,27). The predicted molar refractivity (Wildman–Crippen MR) is 108 cm³/mol. The van der Waals surface area contributed by atoms with Crippen molar-refractivity contribution in [2.75, 3.05) is 0 Å². The number of ether oxygens (including phenoxy) is 1. The molecule has 146 valence electrons. The molecular formula is C21H16ClN3O4. The van der Waals surface area contributed by atoms with Crippen LogP contribution in [-0.2, 0) is 6.61 Å². The van der Waals surface area contributed by atoms with Crippen molar-refractivity contribution in [1.82, 2.24) is 15.8 Å². The highest BCUT2D eigenvalue weighted by atomic mass is 35.5. The van der Waals surface area contributed by atoms with Gasteiger partial charge in [-0.3, -0.25) is 20.4 Å². The van der Waals surface area contributed by atoms with Crippen LogP contribution in [-0.4, -0.2) is 16.8 Å². The van der Waals surface area contributed by atoms with Crippen LogP contribution < -0.4 is 15.6 Å². The average molecular weight is 410 g/mol. The molecule has 8 heteroatoms. The van der Waals surface area contributed by atoms with E-state index in [0.717, 1.165) is 10.9 Å². The van der Waals surface area contributed by atoms with E-state index in [4.69, 9.17) is 20.8 Å². The van der Waals surface area contributed by atoms with Crippen molar-refractivity contribution in [2.24, 2.45) is 0 Å². The van der Waals surface area contributed by atoms with Gasteiger partial charge in [0.05, 0.1) is 0 Å². The molecule has 0 aliphatic rings. The number of hydrogen-bond donors (Lipinski definition) is 3. The van der Waals surface area contributed by atoms with Crippen LogP contribution in [0.15, 0.2) is 71.1 Å². The summed E-state index contributed by atoms with van der Waals surface area (Å²) < 4.78 is 11.0. The summed E-state index contributed by atoms with van der Waals surface area (Å²) in [4.78, 5) is 27.4. The van der Waals surface area contributed by atoms with E-state index in [1.807, 2.05) is 30.3 Å². The molecule has 2 amide bonds. The Balaban J connectivity index is 1.33. The van der Waals surface area contributed by atoms with Gasteiger partial charge in [-0.25, -0.2) is 0 Å². The van der Waals surface area contributed by atoms with Gasteiger partial charge in [-0.1, -0.05) is 29.8 Å². The lowest BCUT2D eigenvalue weighted by atomic mass is 10.2. The molecule has 2 aromatic carbocycles. The molecule has 7 nitrogen and oxygen atoms in total. The molecule has 3 N–H and O–H groups in total. The van der Waals surface area contributed by atoms with Crippen LogP contribution in [0.5, 0.6) is 5.75 Å². The molecule has 0 radical (unpaired) electrons. The number of amides is 2. The Morgan fingerprint density at radius 1 is 0.966 bits per heavy atom. The highest BCUT2D eigenvalue weighted by molar-refractivity contribution is 6.31. The monoisotopic (exact) mass is 409 g/mol. The molecule has 0 saturated carbocycles. The summed E-state index contributed by atoms with van der Waals surface area (Å²) in [5, 5.41) is 1.37. The second-order valence-corrected chi connectivity index (χ2v) is 6.63. The largest absolute Gasteiger partial charge is 0.486 e. The number of hydrazine groups is 1. The maximum absolute atomic E-state index is 12.3. The molecule has 0 bridgehead atoms. The van der Waals surface area contributed by atoms with E-state index in [1.165, 1.54) is 6.07 Å². The number of hydrogen-bond acceptors (Lipinski definition) is 4. The minimum Gasteiger partial charge on any atom is -0.486 e. The second-order valence-electron chi connectivity index (χ2n) is 6.19. The van der Waals surface area contributed by atoms with Gasteiger partial charge in [-0.2, -0.15) is 0 Å². The number of furan rings is 1. The summed E-state index contributed by atoms with van der Waals surface area (Å²) in [5.74, 6) is 0.160. The van der Waals surface area contributed by atoms with E-state index in [1.54, 1.807) is 30.3 Å². The van der Waals surface area contributed by atoms with E-state index in [9.17, 15) is 9.59 Å². The Hall–Kier alpha value is -3.71. The van der Waals surface area contributed by atoms with Gasteiger partial charge in [0.15, 0.2) is 5.76 Å². The third-order valence-electron chi connectivity index (χ3n) is 4.13. The number of fused-ring (bicyclic) bond motifs is 1. The predicted octanol–water partition coefficient (Wildman–Crippen LogP) is 4.07. The first-order valence-corrected chi connectivity index (χ1v) is 9.12. The summed E-state index contributed by atoms with van der Waals surface area (Å²) in [7, 11) is 0. The maximum Gasteiger partial charge on any atom is 0.305 e. The van der Waals surface area contributed by atoms with E-state index >= 15 is 0 Å². The van der Waals surface area contributed by atoms with Crippen molar-refractivity contribution in [3.63, 3.8) is 0 Å². The Labute approximate surface area is 170 Å². The maximum atomic E-state index is 12.3. The van der Waals surface area contributed by atoms with Crippen molar-refractivity contribution in [3.8, 4) is 5.75 Å². The first-order valence-electron chi connectivity index (χ1n) is 8.74. The molecule has 0 saturated heterocycles. The minimum atomic E-state index is -0.580. The number of aromatic amines is 1. The number of para-hydroxylation sites is 1. The molecule has 4 rings (SSSR count). The molecule has 2 heterocycles. The molecule has 0 fully saturated rings. The zero-order chi connectivity index (χ0) is 20.2. The van der Waals surface area contributed by atoms with Crippen molar-refractivity contribution in [1.29, 1.82) is 0 Å². The van der Waals surface area contributed by atoms with E-state index in [-0.39, 0.29) is 12.4 Å². The van der Waals surface area contributed by atoms with Gasteiger partial charge in [-0.05, 0) is 48.5 Å². The molecule has 0 atom stereocenters. The third kappa shape index (κ3) is 4.41. The minimum absolute atomic E-state index is 0.0559. The normalized spacial score (nSPS) is 10.7. The van der Waals surface area contributed by atoms with Crippen LogP contribution in [0.4, 0.5) is 0 Å². The number of rotatable bonds is 5. The molecule has 4 aromatic rings. The fourth-order valence-electron chi connectivity index (χ4n) is 2.72. The van der Waals surface area contributed by atoms with Crippen LogP contribution in [0.1, 0.15) is 26.8 Å². The summed E-state index contributed by atoms with van der Waals surface area (Å²) >= 11 is 5.95. The Morgan fingerprint density at radius 2 is 1.76 bits per heavy atom. The van der Waals surface area contributed by atoms with Crippen LogP contribution in [0.3, 0.4) is 0 Å². The van der Waals surface area contributed by atoms with E-state index in [2.05, 4.69) is 15.8 Å². The highest BCUT2D eigenvalue weighted by Crippen LogP contribution is 2.20. The smallest absolute Gasteiger partial charge is 0.305 e. The van der Waals surface area contributed by atoms with Crippen LogP contribution >= 0.6 is 11.6 Å². The molecule has 0 unspecified atom stereocenters. The molecule has 2 aromatic heterocycles. The first-order chi connectivity index (χ1) is 14.1. The lowest BCUT2D eigenvalue weighted by Crippen LogP contribution is -2.41. The third-order valence-corrected chi connectivity index (χ3v) is 4.36. The van der Waals surface area contributed by atoms with Crippen LogP contribution in [0.25, 0.3) is 10.9 Å². The lowest BCUT2D eigenvalue weighted by molar-refractivity contribution is 0.0826. The van der Waals surface area contributed by atoms with Crippen molar-refractivity contribution in [3.05, 3.63) is 89.0 Å². The topological polar surface area (TPSA) is 96.4 Å². The zero-order valence-electron chi connectivity index (χ0n) is 15.1. The molecule has 0 aliphatic heterocycles. The van der Waals surface area contributed by atoms with Crippen molar-refractivity contribution < 1.29 is 18.7 Å². The first kappa shape index (κ1) is 18.6. The van der Waals surface area contributed by atoms with Gasteiger partial charge in [-0.15, -0.1) is 0 Å². The molecule has 29 heavy (non-hydrogen) atoms. The molecule has 0 spiro atoms. The van der Waals surface area contributed by atoms with E-state index in [0.29, 0.717) is 22.2 Å². The number of carbonyl (C=O) groups is 2. The molecule has 0 aliphatic carbocycles. The molecular weight excluding hydrogens is 394 g/mol. The number of nitrogens with one attached hydrogen (secondary N) is 3.